The van der Waals surface area contributed by atoms with Crippen LogP contribution in [0.25, 0.3) is 0 Å². The van der Waals surface area contributed by atoms with Crippen LogP contribution in [0.5, 0.6) is 0 Å². The predicted octanol–water partition coefficient (Wildman–Crippen LogP) is 3.46. The molecule has 1 heterocycles. The number of rotatable bonds is 2. The van der Waals surface area contributed by atoms with Gasteiger partial charge in [0.25, 0.3) is 5.91 Å². The Morgan fingerprint density at radius 1 is 1.21 bits per heavy atom. The predicted molar refractivity (Wildman–Crippen MR) is 64.3 cm³/mol. The molecule has 0 fully saturated rings. The van der Waals surface area contributed by atoms with Gasteiger partial charge in [0.15, 0.2) is 0 Å². The maximum Gasteiger partial charge on any atom is 0.416 e. The summed E-state index contributed by atoms with van der Waals surface area (Å²) in [6.07, 6.45) is -4.41. The highest BCUT2D eigenvalue weighted by molar-refractivity contribution is 7.17. The normalized spacial score (nSPS) is 11.4. The van der Waals surface area contributed by atoms with Crippen molar-refractivity contribution in [2.45, 2.75) is 6.18 Å². The van der Waals surface area contributed by atoms with E-state index >= 15 is 0 Å². The quantitative estimate of drug-likeness (QED) is 0.924. The zero-order valence-corrected chi connectivity index (χ0v) is 10.6. The number of nitrogens with one attached hydrogen (secondary N) is 1. The van der Waals surface area contributed by atoms with E-state index in [9.17, 15) is 18.0 Å². The van der Waals surface area contributed by atoms with Crippen molar-refractivity contribution in [3.63, 3.8) is 0 Å². The number of hydrogen-bond donors (Lipinski definition) is 1. The summed E-state index contributed by atoms with van der Waals surface area (Å²) >= 11 is 6.39. The maximum absolute atomic E-state index is 12.3. The van der Waals surface area contributed by atoms with Gasteiger partial charge in [0.2, 0.25) is 9.47 Å². The lowest BCUT2D eigenvalue weighted by Gasteiger charge is -2.07. The van der Waals surface area contributed by atoms with Crippen LogP contribution < -0.4 is 5.32 Å². The van der Waals surface area contributed by atoms with Crippen molar-refractivity contribution in [2.75, 3.05) is 5.32 Å². The number of carbonyl (C=O) groups excluding carboxylic acids is 1. The molecule has 2 aromatic rings. The van der Waals surface area contributed by atoms with E-state index in [2.05, 4.69) is 15.5 Å². The van der Waals surface area contributed by atoms with Crippen LogP contribution in [0.2, 0.25) is 4.47 Å². The molecule has 0 radical (unpaired) electrons. The fraction of sp³-hybridized carbons (Fsp3) is 0.100. The van der Waals surface area contributed by atoms with Crippen LogP contribution in [0.15, 0.2) is 24.3 Å². The number of amides is 1. The Morgan fingerprint density at radius 2 is 1.84 bits per heavy atom. The Bertz CT molecular complexity index is 597. The molecule has 0 bridgehead atoms. The zero-order valence-electron chi connectivity index (χ0n) is 9.03. The summed E-state index contributed by atoms with van der Waals surface area (Å²) in [5.41, 5.74) is -0.561. The van der Waals surface area contributed by atoms with Gasteiger partial charge in [0.05, 0.1) is 5.56 Å². The van der Waals surface area contributed by atoms with Crippen LogP contribution in [0.4, 0.5) is 18.9 Å². The lowest BCUT2D eigenvalue weighted by molar-refractivity contribution is -0.137. The van der Waals surface area contributed by atoms with Crippen molar-refractivity contribution in [1.82, 2.24) is 10.2 Å². The van der Waals surface area contributed by atoms with Crippen LogP contribution in [-0.4, -0.2) is 16.1 Å². The Kier molecular flexibility index (Phi) is 3.72. The molecule has 19 heavy (non-hydrogen) atoms. The molecular weight excluding hydrogens is 303 g/mol. The van der Waals surface area contributed by atoms with Gasteiger partial charge in [0, 0.05) is 5.69 Å². The van der Waals surface area contributed by atoms with Crippen molar-refractivity contribution in [3.05, 3.63) is 39.3 Å². The molecule has 2 rings (SSSR count). The third-order valence-corrected chi connectivity index (χ3v) is 3.08. The smallest absolute Gasteiger partial charge is 0.320 e. The summed E-state index contributed by atoms with van der Waals surface area (Å²) in [6, 6.07) is 4.07. The zero-order chi connectivity index (χ0) is 14.0. The molecule has 0 unspecified atom stereocenters. The number of carbonyl (C=O) groups is 1. The van der Waals surface area contributed by atoms with E-state index in [1.165, 1.54) is 0 Å². The summed E-state index contributed by atoms with van der Waals surface area (Å²) in [5, 5.41) is 9.39. The fourth-order valence-corrected chi connectivity index (χ4v) is 1.95. The standard InChI is InChI=1S/C10H5ClF3N3OS/c11-9-17-16-8(19-9)7(18)15-6-3-1-5(2-4-6)10(12,13)14/h1-4H,(H,15,18). The molecule has 4 nitrogen and oxygen atoms in total. The first-order valence-electron chi connectivity index (χ1n) is 4.84. The van der Waals surface area contributed by atoms with Gasteiger partial charge in [-0.15, -0.1) is 10.2 Å². The molecule has 1 aromatic heterocycles. The molecule has 1 amide bonds. The summed E-state index contributed by atoms with van der Waals surface area (Å²) in [4.78, 5) is 11.6. The molecule has 0 aliphatic heterocycles. The van der Waals surface area contributed by atoms with Crippen molar-refractivity contribution < 1.29 is 18.0 Å². The molecule has 1 aromatic carbocycles. The Balaban J connectivity index is 2.10. The van der Waals surface area contributed by atoms with Gasteiger partial charge in [-0.05, 0) is 35.9 Å². The number of benzene rings is 1. The first-order valence-corrected chi connectivity index (χ1v) is 6.03. The molecule has 0 aliphatic rings. The lowest BCUT2D eigenvalue weighted by Crippen LogP contribution is -2.12. The summed E-state index contributed by atoms with van der Waals surface area (Å²) in [5.74, 6) is -0.579. The number of nitrogens with zero attached hydrogens (tertiary/aromatic N) is 2. The highest BCUT2D eigenvalue weighted by Gasteiger charge is 2.30. The molecular formula is C10H5ClF3N3OS. The number of aromatic nitrogens is 2. The van der Waals surface area contributed by atoms with Gasteiger partial charge < -0.3 is 5.32 Å². The van der Waals surface area contributed by atoms with Gasteiger partial charge in [0.1, 0.15) is 0 Å². The average Bonchev–Trinajstić information content (AvgIpc) is 2.75. The topological polar surface area (TPSA) is 54.9 Å². The van der Waals surface area contributed by atoms with Crippen LogP contribution >= 0.6 is 22.9 Å². The molecule has 100 valence electrons. The van der Waals surface area contributed by atoms with Crippen molar-refractivity contribution in [3.8, 4) is 0 Å². The van der Waals surface area contributed by atoms with Crippen molar-refractivity contribution >= 4 is 34.5 Å². The lowest BCUT2D eigenvalue weighted by atomic mass is 10.2. The average molecular weight is 308 g/mol. The van der Waals surface area contributed by atoms with Crippen LogP contribution in [0, 0.1) is 0 Å². The highest BCUT2D eigenvalue weighted by atomic mass is 35.5. The number of anilines is 1. The molecule has 0 aliphatic carbocycles. The largest absolute Gasteiger partial charge is 0.416 e. The minimum Gasteiger partial charge on any atom is -0.320 e. The van der Waals surface area contributed by atoms with E-state index in [0.29, 0.717) is 0 Å². The van der Waals surface area contributed by atoms with E-state index in [1.807, 2.05) is 0 Å². The van der Waals surface area contributed by atoms with Gasteiger partial charge in [-0.3, -0.25) is 4.79 Å². The van der Waals surface area contributed by atoms with Gasteiger partial charge in [-0.1, -0.05) is 11.3 Å². The molecule has 0 atom stereocenters. The SMILES string of the molecule is O=C(Nc1ccc(C(F)(F)F)cc1)c1nnc(Cl)s1. The first-order chi connectivity index (χ1) is 8.86. The maximum atomic E-state index is 12.3. The van der Waals surface area contributed by atoms with Crippen LogP contribution in [0.1, 0.15) is 15.4 Å². The van der Waals surface area contributed by atoms with E-state index in [1.54, 1.807) is 0 Å². The van der Waals surface area contributed by atoms with E-state index in [0.717, 1.165) is 35.6 Å². The summed E-state index contributed by atoms with van der Waals surface area (Å²) in [7, 11) is 0. The van der Waals surface area contributed by atoms with Gasteiger partial charge in [-0.25, -0.2) is 0 Å². The number of hydrogen-bond acceptors (Lipinski definition) is 4. The van der Waals surface area contributed by atoms with E-state index < -0.39 is 17.6 Å². The third-order valence-electron chi connectivity index (χ3n) is 2.06. The molecule has 0 spiro atoms. The second-order valence-electron chi connectivity index (χ2n) is 3.39. The molecule has 0 saturated carbocycles. The Morgan fingerprint density at radius 3 is 2.32 bits per heavy atom. The minimum absolute atomic E-state index is 0.0323. The first kappa shape index (κ1) is 13.8. The van der Waals surface area contributed by atoms with Crippen molar-refractivity contribution in [1.29, 1.82) is 0 Å². The molecule has 9 heteroatoms. The highest BCUT2D eigenvalue weighted by Crippen LogP contribution is 2.29. The number of alkyl halides is 3. The summed E-state index contributed by atoms with van der Waals surface area (Å²) < 4.78 is 37.1. The van der Waals surface area contributed by atoms with Crippen molar-refractivity contribution in [2.24, 2.45) is 0 Å². The Labute approximate surface area is 114 Å². The van der Waals surface area contributed by atoms with Crippen LogP contribution in [-0.2, 0) is 6.18 Å². The van der Waals surface area contributed by atoms with Crippen LogP contribution in [0.3, 0.4) is 0 Å². The monoisotopic (exact) mass is 307 g/mol. The van der Waals surface area contributed by atoms with Gasteiger partial charge in [-0.2, -0.15) is 13.2 Å². The van der Waals surface area contributed by atoms with Gasteiger partial charge >= 0.3 is 6.18 Å². The van der Waals surface area contributed by atoms with E-state index in [-0.39, 0.29) is 15.2 Å². The molecule has 0 saturated heterocycles. The fourth-order valence-electron chi connectivity index (χ4n) is 1.22. The second kappa shape index (κ2) is 5.14. The minimum atomic E-state index is -4.41. The van der Waals surface area contributed by atoms with E-state index in [4.69, 9.17) is 11.6 Å². The Hall–Kier alpha value is -1.67. The number of halogens is 4. The second-order valence-corrected chi connectivity index (χ2v) is 4.95. The molecule has 1 N–H and O–H groups in total. The summed E-state index contributed by atoms with van der Waals surface area (Å²) in [6.45, 7) is 0. The third kappa shape index (κ3) is 3.42.